The molecule has 2 rings (SSSR count). The molecule has 2 aromatic carbocycles. The zero-order valence-electron chi connectivity index (χ0n) is 12.2. The number of carbonyl (C=O) groups is 1. The maximum atomic E-state index is 12.5. The minimum atomic E-state index is -0.0107. The van der Waals surface area contributed by atoms with E-state index in [9.17, 15) is 4.79 Å². The van der Waals surface area contributed by atoms with Gasteiger partial charge < -0.3 is 9.47 Å². The number of hydrogen-bond donors (Lipinski definition) is 0. The van der Waals surface area contributed by atoms with E-state index < -0.39 is 0 Å². The summed E-state index contributed by atoms with van der Waals surface area (Å²) in [6, 6.07) is 11.0. The maximum Gasteiger partial charge on any atom is 0.193 e. The van der Waals surface area contributed by atoms with Gasteiger partial charge in [0.1, 0.15) is 0 Å². The van der Waals surface area contributed by atoms with Gasteiger partial charge in [0.15, 0.2) is 17.3 Å². The molecule has 2 aromatic rings. The lowest BCUT2D eigenvalue weighted by molar-refractivity contribution is 0.103. The largest absolute Gasteiger partial charge is 0.493 e. The highest BCUT2D eigenvalue weighted by Crippen LogP contribution is 2.28. The van der Waals surface area contributed by atoms with Crippen LogP contribution in [-0.2, 0) is 0 Å². The SMILES string of the molecule is COc1ccc(C(=O)c2ccc(C)cc2C)cc1OC. The van der Waals surface area contributed by atoms with Gasteiger partial charge in [0.05, 0.1) is 14.2 Å². The van der Waals surface area contributed by atoms with Gasteiger partial charge in [0.2, 0.25) is 0 Å². The van der Waals surface area contributed by atoms with Crippen LogP contribution in [0.25, 0.3) is 0 Å². The Kier molecular flexibility index (Phi) is 4.08. The summed E-state index contributed by atoms with van der Waals surface area (Å²) in [5, 5.41) is 0. The van der Waals surface area contributed by atoms with E-state index in [4.69, 9.17) is 9.47 Å². The van der Waals surface area contributed by atoms with E-state index in [0.717, 1.165) is 11.1 Å². The van der Waals surface area contributed by atoms with Crippen molar-refractivity contribution in [3.05, 3.63) is 58.7 Å². The number of ether oxygens (including phenoxy) is 2. The van der Waals surface area contributed by atoms with Crippen molar-refractivity contribution in [2.45, 2.75) is 13.8 Å². The lowest BCUT2D eigenvalue weighted by atomic mass is 9.97. The Morgan fingerprint density at radius 3 is 2.20 bits per heavy atom. The molecule has 0 fully saturated rings. The highest BCUT2D eigenvalue weighted by atomic mass is 16.5. The first-order valence-electron chi connectivity index (χ1n) is 6.40. The fourth-order valence-corrected chi connectivity index (χ4v) is 2.20. The molecule has 0 aliphatic heterocycles. The smallest absolute Gasteiger partial charge is 0.193 e. The predicted molar refractivity (Wildman–Crippen MR) is 78.9 cm³/mol. The average Bonchev–Trinajstić information content (AvgIpc) is 2.45. The molecule has 0 aromatic heterocycles. The number of methoxy groups -OCH3 is 2. The first kappa shape index (κ1) is 14.1. The molecule has 0 radical (unpaired) electrons. The van der Waals surface area contributed by atoms with Crippen molar-refractivity contribution < 1.29 is 14.3 Å². The third-order valence-electron chi connectivity index (χ3n) is 3.27. The zero-order chi connectivity index (χ0) is 14.7. The zero-order valence-corrected chi connectivity index (χ0v) is 12.2. The lowest BCUT2D eigenvalue weighted by Crippen LogP contribution is -2.04. The second-order valence-electron chi connectivity index (χ2n) is 4.72. The van der Waals surface area contributed by atoms with Crippen LogP contribution in [0.3, 0.4) is 0 Å². The Balaban J connectivity index is 2.43. The number of rotatable bonds is 4. The van der Waals surface area contributed by atoms with Crippen molar-refractivity contribution in [3.63, 3.8) is 0 Å². The summed E-state index contributed by atoms with van der Waals surface area (Å²) < 4.78 is 10.4. The molecule has 0 unspecified atom stereocenters. The molecule has 3 heteroatoms. The monoisotopic (exact) mass is 270 g/mol. The van der Waals surface area contributed by atoms with Crippen molar-refractivity contribution in [1.82, 2.24) is 0 Å². The Morgan fingerprint density at radius 2 is 1.60 bits per heavy atom. The van der Waals surface area contributed by atoms with Crippen molar-refractivity contribution in [1.29, 1.82) is 0 Å². The quantitative estimate of drug-likeness (QED) is 0.797. The van der Waals surface area contributed by atoms with Crippen molar-refractivity contribution in [2.75, 3.05) is 14.2 Å². The molecule has 0 saturated carbocycles. The number of hydrogen-bond acceptors (Lipinski definition) is 3. The Morgan fingerprint density at radius 1 is 0.900 bits per heavy atom. The molecule has 104 valence electrons. The van der Waals surface area contributed by atoms with Gasteiger partial charge in [-0.3, -0.25) is 4.79 Å². The number of carbonyl (C=O) groups excluding carboxylic acids is 1. The van der Waals surface area contributed by atoms with Gasteiger partial charge in [-0.2, -0.15) is 0 Å². The maximum absolute atomic E-state index is 12.5. The van der Waals surface area contributed by atoms with Crippen LogP contribution in [0.15, 0.2) is 36.4 Å². The summed E-state index contributed by atoms with van der Waals surface area (Å²) in [6.45, 7) is 3.96. The van der Waals surface area contributed by atoms with Crippen molar-refractivity contribution >= 4 is 5.78 Å². The molecule has 0 N–H and O–H groups in total. The molecule has 3 nitrogen and oxygen atoms in total. The lowest BCUT2D eigenvalue weighted by Gasteiger charge is -2.10. The fourth-order valence-electron chi connectivity index (χ4n) is 2.20. The van der Waals surface area contributed by atoms with E-state index in [1.54, 1.807) is 32.4 Å². The van der Waals surface area contributed by atoms with Gasteiger partial charge in [-0.1, -0.05) is 23.8 Å². The van der Waals surface area contributed by atoms with Crippen LogP contribution in [-0.4, -0.2) is 20.0 Å². The highest BCUT2D eigenvalue weighted by Gasteiger charge is 2.14. The molecular formula is C17H18O3. The normalized spacial score (nSPS) is 10.2. The van der Waals surface area contributed by atoms with Gasteiger partial charge in [-0.05, 0) is 37.6 Å². The number of aryl methyl sites for hydroxylation is 2. The Labute approximate surface area is 119 Å². The minimum Gasteiger partial charge on any atom is -0.493 e. The first-order chi connectivity index (χ1) is 9.56. The summed E-state index contributed by atoms with van der Waals surface area (Å²) in [5.74, 6) is 1.16. The molecule has 0 amide bonds. The number of benzene rings is 2. The summed E-state index contributed by atoms with van der Waals surface area (Å²) in [5.41, 5.74) is 3.42. The van der Waals surface area contributed by atoms with E-state index in [-0.39, 0.29) is 5.78 Å². The van der Waals surface area contributed by atoms with E-state index in [1.165, 1.54) is 0 Å². The van der Waals surface area contributed by atoms with Crippen LogP contribution in [0.5, 0.6) is 11.5 Å². The van der Waals surface area contributed by atoms with Crippen LogP contribution in [0.2, 0.25) is 0 Å². The third-order valence-corrected chi connectivity index (χ3v) is 3.27. The van der Waals surface area contributed by atoms with Gasteiger partial charge >= 0.3 is 0 Å². The van der Waals surface area contributed by atoms with E-state index in [0.29, 0.717) is 22.6 Å². The third kappa shape index (κ3) is 2.67. The predicted octanol–water partition coefficient (Wildman–Crippen LogP) is 3.55. The molecule has 20 heavy (non-hydrogen) atoms. The van der Waals surface area contributed by atoms with Gasteiger partial charge in [0.25, 0.3) is 0 Å². The standard InChI is InChI=1S/C17H18O3/c1-11-5-7-14(12(2)9-11)17(18)13-6-8-15(19-3)16(10-13)20-4/h5-10H,1-4H3. The topological polar surface area (TPSA) is 35.5 Å². The highest BCUT2D eigenvalue weighted by molar-refractivity contribution is 6.10. The average molecular weight is 270 g/mol. The second-order valence-corrected chi connectivity index (χ2v) is 4.72. The fraction of sp³-hybridized carbons (Fsp3) is 0.235. The molecule has 0 aliphatic carbocycles. The summed E-state index contributed by atoms with van der Waals surface area (Å²) in [7, 11) is 3.13. The molecular weight excluding hydrogens is 252 g/mol. The van der Waals surface area contributed by atoms with Crippen molar-refractivity contribution in [3.8, 4) is 11.5 Å². The molecule has 0 bridgehead atoms. The van der Waals surface area contributed by atoms with Gasteiger partial charge in [0, 0.05) is 11.1 Å². The first-order valence-corrected chi connectivity index (χ1v) is 6.40. The molecule has 0 spiro atoms. The molecule has 0 saturated heterocycles. The van der Waals surface area contributed by atoms with Crippen LogP contribution in [0.1, 0.15) is 27.0 Å². The Hall–Kier alpha value is -2.29. The van der Waals surface area contributed by atoms with Crippen molar-refractivity contribution in [2.24, 2.45) is 0 Å². The summed E-state index contributed by atoms with van der Waals surface area (Å²) in [4.78, 5) is 12.5. The van der Waals surface area contributed by atoms with Crippen LogP contribution >= 0.6 is 0 Å². The number of ketones is 1. The van der Waals surface area contributed by atoms with E-state index in [2.05, 4.69) is 0 Å². The summed E-state index contributed by atoms with van der Waals surface area (Å²) in [6.07, 6.45) is 0. The van der Waals surface area contributed by atoms with Gasteiger partial charge in [-0.15, -0.1) is 0 Å². The van der Waals surface area contributed by atoms with E-state index in [1.807, 2.05) is 32.0 Å². The van der Waals surface area contributed by atoms with Crippen LogP contribution in [0, 0.1) is 13.8 Å². The van der Waals surface area contributed by atoms with Crippen LogP contribution < -0.4 is 9.47 Å². The summed E-state index contributed by atoms with van der Waals surface area (Å²) >= 11 is 0. The molecule has 0 heterocycles. The van der Waals surface area contributed by atoms with Crippen LogP contribution in [0.4, 0.5) is 0 Å². The molecule has 0 aliphatic rings. The van der Waals surface area contributed by atoms with E-state index >= 15 is 0 Å². The van der Waals surface area contributed by atoms with Gasteiger partial charge in [-0.25, -0.2) is 0 Å². The molecule has 0 atom stereocenters. The minimum absolute atomic E-state index is 0.0107. The second kappa shape index (κ2) is 5.78. The Bertz CT molecular complexity index is 645.